The fraction of sp³-hybridized carbons (Fsp3) is 0.533. The smallest absolute Gasteiger partial charge is 0.261 e. The molecule has 6 heteroatoms. The highest BCUT2D eigenvalue weighted by molar-refractivity contribution is 8.13. The fourth-order valence-electron chi connectivity index (χ4n) is 2.74. The first-order chi connectivity index (χ1) is 9.74. The van der Waals surface area contributed by atoms with E-state index in [1.807, 2.05) is 0 Å². The molecule has 1 aromatic carbocycles. The lowest BCUT2D eigenvalue weighted by molar-refractivity contribution is 0.0786. The molecule has 1 unspecified atom stereocenters. The SMILES string of the molecule is CCC1CCN(C(=O)c2cc(C)c(C)c(S(=O)(=O)Cl)c2)C1. The zero-order valence-electron chi connectivity index (χ0n) is 12.5. The summed E-state index contributed by atoms with van der Waals surface area (Å²) in [7, 11) is 1.62. The van der Waals surface area contributed by atoms with Gasteiger partial charge in [0.05, 0.1) is 4.90 Å². The molecule has 2 rings (SSSR count). The molecule has 1 aromatic rings. The molecule has 0 saturated carbocycles. The van der Waals surface area contributed by atoms with Crippen LogP contribution in [0.1, 0.15) is 41.3 Å². The molecule has 0 aliphatic carbocycles. The van der Waals surface area contributed by atoms with Crippen LogP contribution in [0.5, 0.6) is 0 Å². The maximum atomic E-state index is 12.5. The van der Waals surface area contributed by atoms with Crippen LogP contribution >= 0.6 is 10.7 Å². The third-order valence-electron chi connectivity index (χ3n) is 4.28. The number of carbonyl (C=O) groups is 1. The second-order valence-corrected chi connectivity index (χ2v) is 8.20. The molecule has 0 radical (unpaired) electrons. The lowest BCUT2D eigenvalue weighted by atomic mass is 10.1. The first kappa shape index (κ1) is 16.3. The topological polar surface area (TPSA) is 54.5 Å². The van der Waals surface area contributed by atoms with Crippen LogP contribution in [-0.4, -0.2) is 32.3 Å². The quantitative estimate of drug-likeness (QED) is 0.801. The number of nitrogens with zero attached hydrogens (tertiary/aromatic N) is 1. The molecule has 4 nitrogen and oxygen atoms in total. The molecule has 1 aliphatic heterocycles. The molecule has 1 atom stereocenters. The van der Waals surface area contributed by atoms with Gasteiger partial charge < -0.3 is 4.90 Å². The zero-order valence-corrected chi connectivity index (χ0v) is 14.1. The Hall–Kier alpha value is -1.07. The average Bonchev–Trinajstić information content (AvgIpc) is 2.88. The molecule has 0 spiro atoms. The van der Waals surface area contributed by atoms with Gasteiger partial charge in [-0.25, -0.2) is 8.42 Å². The lowest BCUT2D eigenvalue weighted by Gasteiger charge is -2.18. The minimum Gasteiger partial charge on any atom is -0.338 e. The van der Waals surface area contributed by atoms with Gasteiger partial charge >= 0.3 is 0 Å². The maximum absolute atomic E-state index is 12.5. The third kappa shape index (κ3) is 3.40. The van der Waals surface area contributed by atoms with Gasteiger partial charge in [-0.05, 0) is 49.4 Å². The molecule has 0 bridgehead atoms. The van der Waals surface area contributed by atoms with E-state index >= 15 is 0 Å². The summed E-state index contributed by atoms with van der Waals surface area (Å²) in [5, 5.41) is 0. The number of benzene rings is 1. The van der Waals surface area contributed by atoms with Gasteiger partial charge in [0.25, 0.3) is 15.0 Å². The highest BCUT2D eigenvalue weighted by atomic mass is 35.7. The maximum Gasteiger partial charge on any atom is 0.261 e. The number of carbonyl (C=O) groups excluding carboxylic acids is 1. The van der Waals surface area contributed by atoms with Gasteiger partial charge in [0.2, 0.25) is 0 Å². The molecule has 21 heavy (non-hydrogen) atoms. The van der Waals surface area contributed by atoms with Crippen LogP contribution in [0.15, 0.2) is 17.0 Å². The zero-order chi connectivity index (χ0) is 15.8. The van der Waals surface area contributed by atoms with Crippen molar-refractivity contribution in [3.05, 3.63) is 28.8 Å². The molecule has 116 valence electrons. The molecular formula is C15H20ClNO3S. The van der Waals surface area contributed by atoms with Gasteiger partial charge in [0.1, 0.15) is 0 Å². The summed E-state index contributed by atoms with van der Waals surface area (Å²) in [6.07, 6.45) is 2.06. The Morgan fingerprint density at radius 2 is 2.05 bits per heavy atom. The predicted molar refractivity (Wildman–Crippen MR) is 83.3 cm³/mol. The Balaban J connectivity index is 2.37. The molecule has 1 fully saturated rings. The van der Waals surface area contributed by atoms with E-state index in [0.717, 1.165) is 31.5 Å². The standard InChI is InChI=1S/C15H20ClNO3S/c1-4-12-5-6-17(9-12)15(18)13-7-10(2)11(3)14(8-13)21(16,19)20/h7-8,12H,4-6,9H2,1-3H3. The number of hydrogen-bond donors (Lipinski definition) is 0. The number of rotatable bonds is 3. The molecule has 1 saturated heterocycles. The molecule has 1 amide bonds. The van der Waals surface area contributed by atoms with Gasteiger partial charge in [-0.15, -0.1) is 0 Å². The third-order valence-corrected chi connectivity index (χ3v) is 5.73. The summed E-state index contributed by atoms with van der Waals surface area (Å²) in [4.78, 5) is 14.4. The number of likely N-dealkylation sites (tertiary alicyclic amines) is 1. The molecule has 0 aromatic heterocycles. The number of halogens is 1. The summed E-state index contributed by atoms with van der Waals surface area (Å²) in [6.45, 7) is 7.07. The van der Waals surface area contributed by atoms with Crippen molar-refractivity contribution in [2.24, 2.45) is 5.92 Å². The average molecular weight is 330 g/mol. The summed E-state index contributed by atoms with van der Waals surface area (Å²) < 4.78 is 23.3. The summed E-state index contributed by atoms with van der Waals surface area (Å²) in [5.41, 5.74) is 1.75. The van der Waals surface area contributed by atoms with E-state index in [9.17, 15) is 13.2 Å². The second-order valence-electron chi connectivity index (χ2n) is 5.67. The Kier molecular flexibility index (Phi) is 4.63. The van der Waals surface area contributed by atoms with Crippen molar-refractivity contribution in [3.8, 4) is 0 Å². The van der Waals surface area contributed by atoms with Crippen molar-refractivity contribution in [2.45, 2.75) is 38.5 Å². The van der Waals surface area contributed by atoms with Gasteiger partial charge in [-0.1, -0.05) is 13.3 Å². The van der Waals surface area contributed by atoms with Crippen LogP contribution in [0.3, 0.4) is 0 Å². The van der Waals surface area contributed by atoms with Crippen molar-refractivity contribution in [1.29, 1.82) is 0 Å². The number of amides is 1. The lowest BCUT2D eigenvalue weighted by Crippen LogP contribution is -2.29. The normalized spacial score (nSPS) is 19.0. The van der Waals surface area contributed by atoms with Crippen LogP contribution in [0.25, 0.3) is 0 Å². The van der Waals surface area contributed by atoms with Gasteiger partial charge in [-0.2, -0.15) is 0 Å². The van der Waals surface area contributed by atoms with Crippen molar-refractivity contribution in [3.63, 3.8) is 0 Å². The van der Waals surface area contributed by atoms with Gasteiger partial charge in [-0.3, -0.25) is 4.79 Å². The monoisotopic (exact) mass is 329 g/mol. The number of hydrogen-bond acceptors (Lipinski definition) is 3. The van der Waals surface area contributed by atoms with Gasteiger partial charge in [0.15, 0.2) is 0 Å². The predicted octanol–water partition coefficient (Wildman–Crippen LogP) is 3.10. The van der Waals surface area contributed by atoms with Crippen LogP contribution in [0, 0.1) is 19.8 Å². The summed E-state index contributed by atoms with van der Waals surface area (Å²) in [5.74, 6) is 0.423. The molecule has 0 N–H and O–H groups in total. The van der Waals surface area contributed by atoms with E-state index in [-0.39, 0.29) is 10.8 Å². The van der Waals surface area contributed by atoms with E-state index in [0.29, 0.717) is 17.0 Å². The molecular weight excluding hydrogens is 310 g/mol. The van der Waals surface area contributed by atoms with E-state index in [2.05, 4.69) is 6.92 Å². The first-order valence-electron chi connectivity index (χ1n) is 7.09. The molecule has 1 aliphatic rings. The Morgan fingerprint density at radius 1 is 1.38 bits per heavy atom. The number of aryl methyl sites for hydroxylation is 1. The van der Waals surface area contributed by atoms with Crippen LogP contribution < -0.4 is 0 Å². The van der Waals surface area contributed by atoms with Crippen LogP contribution in [0.2, 0.25) is 0 Å². The van der Waals surface area contributed by atoms with Crippen LogP contribution in [0.4, 0.5) is 0 Å². The minimum atomic E-state index is -3.85. The Morgan fingerprint density at radius 3 is 2.57 bits per heavy atom. The molecule has 1 heterocycles. The van der Waals surface area contributed by atoms with Crippen LogP contribution in [-0.2, 0) is 9.05 Å². The Labute approximate surface area is 130 Å². The second kappa shape index (κ2) is 5.97. The van der Waals surface area contributed by atoms with Crippen molar-refractivity contribution in [2.75, 3.05) is 13.1 Å². The van der Waals surface area contributed by atoms with E-state index in [1.54, 1.807) is 24.8 Å². The highest BCUT2D eigenvalue weighted by Crippen LogP contribution is 2.27. The van der Waals surface area contributed by atoms with Crippen molar-refractivity contribution < 1.29 is 13.2 Å². The highest BCUT2D eigenvalue weighted by Gasteiger charge is 2.27. The van der Waals surface area contributed by atoms with Crippen molar-refractivity contribution in [1.82, 2.24) is 4.90 Å². The van der Waals surface area contributed by atoms with Gasteiger partial charge in [0, 0.05) is 29.3 Å². The van der Waals surface area contributed by atoms with E-state index < -0.39 is 9.05 Å². The first-order valence-corrected chi connectivity index (χ1v) is 9.40. The largest absolute Gasteiger partial charge is 0.338 e. The fourth-order valence-corrected chi connectivity index (χ4v) is 4.01. The summed E-state index contributed by atoms with van der Waals surface area (Å²) >= 11 is 0. The Bertz CT molecular complexity index is 670. The van der Waals surface area contributed by atoms with Crippen molar-refractivity contribution >= 4 is 25.6 Å². The van der Waals surface area contributed by atoms with E-state index in [4.69, 9.17) is 10.7 Å². The minimum absolute atomic E-state index is 0.0266. The van der Waals surface area contributed by atoms with E-state index in [1.165, 1.54) is 6.07 Å². The summed E-state index contributed by atoms with van der Waals surface area (Å²) in [6, 6.07) is 3.13.